The van der Waals surface area contributed by atoms with Crippen molar-refractivity contribution in [3.8, 4) is 16.9 Å². The number of rotatable bonds is 5. The number of hydrogen-bond acceptors (Lipinski definition) is 4. The topological polar surface area (TPSA) is 52.6 Å². The molecule has 0 heterocycles. The third-order valence-corrected chi connectivity index (χ3v) is 4.60. The molecule has 0 bridgehead atoms. The van der Waals surface area contributed by atoms with Crippen LogP contribution < -0.4 is 4.74 Å². The van der Waals surface area contributed by atoms with Crippen molar-refractivity contribution in [3.05, 3.63) is 77.6 Å². The van der Waals surface area contributed by atoms with Crippen molar-refractivity contribution in [2.75, 3.05) is 0 Å². The van der Waals surface area contributed by atoms with Gasteiger partial charge in [-0.2, -0.15) is 0 Å². The average Bonchev–Trinajstić information content (AvgIpc) is 3.06. The van der Waals surface area contributed by atoms with Gasteiger partial charge in [-0.15, -0.1) is 0 Å². The molecule has 144 valence electrons. The van der Waals surface area contributed by atoms with Gasteiger partial charge in [0, 0.05) is 16.7 Å². The minimum absolute atomic E-state index is 0.241. The zero-order valence-corrected chi connectivity index (χ0v) is 15.9. The molecule has 2 aromatic rings. The van der Waals surface area contributed by atoms with Gasteiger partial charge in [0.15, 0.2) is 0 Å². The first-order valence-electron chi connectivity index (χ1n) is 8.93. The summed E-state index contributed by atoms with van der Waals surface area (Å²) in [5.74, 6) is -1.19. The molecule has 0 aliphatic heterocycles. The van der Waals surface area contributed by atoms with E-state index in [2.05, 4.69) is 13.2 Å². The van der Waals surface area contributed by atoms with E-state index in [1.165, 1.54) is 18.2 Å². The van der Waals surface area contributed by atoms with Crippen LogP contribution in [-0.2, 0) is 20.7 Å². The summed E-state index contributed by atoms with van der Waals surface area (Å²) in [6.07, 6.45) is 0.887. The Hall–Kier alpha value is -3.21. The third kappa shape index (κ3) is 3.88. The number of ether oxygens (including phenoxy) is 2. The molecule has 0 aromatic heterocycles. The summed E-state index contributed by atoms with van der Waals surface area (Å²) in [4.78, 5) is 23.6. The molecule has 1 aliphatic rings. The van der Waals surface area contributed by atoms with Crippen molar-refractivity contribution in [3.63, 3.8) is 0 Å². The van der Waals surface area contributed by atoms with Crippen LogP contribution in [0.3, 0.4) is 0 Å². The maximum Gasteiger partial charge on any atom is 0.338 e. The van der Waals surface area contributed by atoms with Gasteiger partial charge in [0.2, 0.25) is 0 Å². The highest BCUT2D eigenvalue weighted by Crippen LogP contribution is 2.41. The number of halogens is 1. The fraction of sp³-hybridized carbons (Fsp3) is 0.217. The second-order valence-electron chi connectivity index (χ2n) is 6.90. The molecule has 0 N–H and O–H groups in total. The van der Waals surface area contributed by atoms with Crippen molar-refractivity contribution in [2.24, 2.45) is 0 Å². The van der Waals surface area contributed by atoms with Crippen molar-refractivity contribution < 1.29 is 23.5 Å². The van der Waals surface area contributed by atoms with Crippen LogP contribution in [0.1, 0.15) is 37.5 Å². The van der Waals surface area contributed by atoms with Crippen LogP contribution in [0.2, 0.25) is 0 Å². The highest BCUT2D eigenvalue weighted by Gasteiger charge is 2.28. The molecule has 1 aliphatic carbocycles. The maximum absolute atomic E-state index is 14.6. The van der Waals surface area contributed by atoms with Gasteiger partial charge in [-0.05, 0) is 61.6 Å². The summed E-state index contributed by atoms with van der Waals surface area (Å²) in [6, 6.07) is 9.66. The number of fused-ring (bicyclic) bond motifs is 1. The average molecular weight is 380 g/mol. The Morgan fingerprint density at radius 3 is 2.43 bits per heavy atom. The largest absolute Gasteiger partial charge is 0.454 e. The van der Waals surface area contributed by atoms with E-state index in [0.29, 0.717) is 29.5 Å². The Labute approximate surface area is 163 Å². The molecule has 0 fully saturated rings. The Bertz CT molecular complexity index is 990. The SMILES string of the molecule is C=C(C)C(=O)Oc1ccc(F)c(-c2cccc3c2CCC3OC(=O)C(=C)C)c1. The van der Waals surface area contributed by atoms with E-state index in [0.717, 1.165) is 11.1 Å². The predicted octanol–water partition coefficient (Wildman–Crippen LogP) is 5.08. The van der Waals surface area contributed by atoms with Crippen LogP contribution in [0.15, 0.2) is 60.7 Å². The zero-order chi connectivity index (χ0) is 20.4. The Morgan fingerprint density at radius 1 is 1.04 bits per heavy atom. The van der Waals surface area contributed by atoms with Crippen LogP contribution in [0.4, 0.5) is 4.39 Å². The Morgan fingerprint density at radius 2 is 1.75 bits per heavy atom. The molecule has 1 unspecified atom stereocenters. The van der Waals surface area contributed by atoms with Crippen LogP contribution in [0.5, 0.6) is 5.75 Å². The molecule has 0 amide bonds. The number of esters is 2. The molecule has 0 radical (unpaired) electrons. The summed E-state index contributed by atoms with van der Waals surface area (Å²) in [5.41, 5.74) is 3.39. The van der Waals surface area contributed by atoms with Crippen LogP contribution in [-0.4, -0.2) is 11.9 Å². The molecular formula is C23H21FO4. The first-order chi connectivity index (χ1) is 13.3. The molecule has 0 saturated heterocycles. The summed E-state index contributed by atoms with van der Waals surface area (Å²) in [5, 5.41) is 0. The standard InChI is InChI=1S/C23H21FO4/c1-13(2)22(25)27-15-8-10-20(24)19(12-15)16-6-5-7-18-17(16)9-11-21(18)28-23(26)14(3)4/h5-8,10,12,21H,1,3,9,11H2,2,4H3. The van der Waals surface area contributed by atoms with Crippen LogP contribution >= 0.6 is 0 Å². The minimum atomic E-state index is -0.567. The molecule has 3 rings (SSSR count). The normalized spacial score (nSPS) is 14.9. The molecule has 2 aromatic carbocycles. The van der Waals surface area contributed by atoms with Crippen LogP contribution in [0.25, 0.3) is 11.1 Å². The molecule has 0 spiro atoms. The lowest BCUT2D eigenvalue weighted by atomic mass is 9.96. The van der Waals surface area contributed by atoms with Gasteiger partial charge < -0.3 is 9.47 Å². The van der Waals surface area contributed by atoms with E-state index in [-0.39, 0.29) is 17.4 Å². The second kappa shape index (κ2) is 7.80. The molecule has 28 heavy (non-hydrogen) atoms. The monoisotopic (exact) mass is 380 g/mol. The van der Waals surface area contributed by atoms with Crippen LogP contribution in [0, 0.1) is 5.82 Å². The smallest absolute Gasteiger partial charge is 0.338 e. The fourth-order valence-corrected chi connectivity index (χ4v) is 3.19. The first-order valence-corrected chi connectivity index (χ1v) is 8.93. The fourth-order valence-electron chi connectivity index (χ4n) is 3.19. The highest BCUT2D eigenvalue weighted by molar-refractivity contribution is 5.89. The Balaban J connectivity index is 1.97. The molecule has 4 nitrogen and oxygen atoms in total. The summed E-state index contributed by atoms with van der Waals surface area (Å²) >= 11 is 0. The maximum atomic E-state index is 14.6. The third-order valence-electron chi connectivity index (χ3n) is 4.60. The lowest BCUT2D eigenvalue weighted by Crippen LogP contribution is -2.09. The number of benzene rings is 2. The lowest BCUT2D eigenvalue weighted by Gasteiger charge is -2.15. The first kappa shape index (κ1) is 19.5. The predicted molar refractivity (Wildman–Crippen MR) is 104 cm³/mol. The van der Waals surface area contributed by atoms with E-state index < -0.39 is 17.8 Å². The van der Waals surface area contributed by atoms with Gasteiger partial charge in [0.1, 0.15) is 17.7 Å². The van der Waals surface area contributed by atoms with Gasteiger partial charge in [0.05, 0.1) is 0 Å². The van der Waals surface area contributed by atoms with E-state index in [1.54, 1.807) is 19.9 Å². The van der Waals surface area contributed by atoms with E-state index in [4.69, 9.17) is 9.47 Å². The van der Waals surface area contributed by atoms with Crippen molar-refractivity contribution >= 4 is 11.9 Å². The van der Waals surface area contributed by atoms with E-state index in [1.807, 2.05) is 12.1 Å². The highest BCUT2D eigenvalue weighted by atomic mass is 19.1. The summed E-state index contributed by atoms with van der Waals surface area (Å²) in [7, 11) is 0. The van der Waals surface area contributed by atoms with Crippen molar-refractivity contribution in [1.82, 2.24) is 0 Å². The van der Waals surface area contributed by atoms with E-state index in [9.17, 15) is 14.0 Å². The van der Waals surface area contributed by atoms with Gasteiger partial charge in [-0.3, -0.25) is 0 Å². The number of carbonyl (C=O) groups excluding carboxylic acids is 2. The molecule has 5 heteroatoms. The van der Waals surface area contributed by atoms with Gasteiger partial charge in [0.25, 0.3) is 0 Å². The quantitative estimate of drug-likeness (QED) is 0.412. The number of hydrogen-bond donors (Lipinski definition) is 0. The summed E-state index contributed by atoms with van der Waals surface area (Å²) < 4.78 is 25.3. The second-order valence-corrected chi connectivity index (χ2v) is 6.90. The summed E-state index contributed by atoms with van der Waals surface area (Å²) in [6.45, 7) is 10.3. The number of carbonyl (C=O) groups is 2. The van der Waals surface area contributed by atoms with Gasteiger partial charge in [-0.25, -0.2) is 14.0 Å². The minimum Gasteiger partial charge on any atom is -0.454 e. The van der Waals surface area contributed by atoms with Crippen molar-refractivity contribution in [2.45, 2.75) is 32.8 Å². The van der Waals surface area contributed by atoms with E-state index >= 15 is 0 Å². The van der Waals surface area contributed by atoms with Gasteiger partial charge >= 0.3 is 11.9 Å². The Kier molecular flexibility index (Phi) is 5.45. The lowest BCUT2D eigenvalue weighted by molar-refractivity contribution is -0.144. The van der Waals surface area contributed by atoms with Crippen molar-refractivity contribution in [1.29, 1.82) is 0 Å². The zero-order valence-electron chi connectivity index (χ0n) is 15.9. The molecule has 1 atom stereocenters. The van der Waals surface area contributed by atoms with Gasteiger partial charge in [-0.1, -0.05) is 31.4 Å². The molecular weight excluding hydrogens is 359 g/mol. The molecule has 0 saturated carbocycles.